The number of fused-ring (bicyclic) bond motifs is 11. The number of hydrogen-bond donors (Lipinski definition) is 0. The van der Waals surface area contributed by atoms with Gasteiger partial charge in [-0.15, -0.1) is 11.3 Å². The summed E-state index contributed by atoms with van der Waals surface area (Å²) in [6.07, 6.45) is 0. The fourth-order valence-corrected chi connectivity index (χ4v) is 7.00. The van der Waals surface area contributed by atoms with E-state index in [0.29, 0.717) is 5.56 Å². The molecule has 0 aliphatic heterocycles. The molecule has 0 unspecified atom stereocenters. The van der Waals surface area contributed by atoms with E-state index in [4.69, 9.17) is 0 Å². The third-order valence-electron chi connectivity index (χ3n) is 7.70. The van der Waals surface area contributed by atoms with Gasteiger partial charge in [-0.1, -0.05) is 72.8 Å². The monoisotopic (exact) mass is 500 g/mol. The number of para-hydroxylation sites is 2. The molecule has 0 saturated heterocycles. The minimum absolute atomic E-state index is 0.676. The molecule has 0 fully saturated rings. The minimum atomic E-state index is 0.676. The summed E-state index contributed by atoms with van der Waals surface area (Å²) in [5.74, 6) is 0. The van der Waals surface area contributed by atoms with Gasteiger partial charge in [0.25, 0.3) is 0 Å². The highest BCUT2D eigenvalue weighted by atomic mass is 32.1. The number of hydrogen-bond acceptors (Lipinski definition) is 2. The molecule has 8 rings (SSSR count). The minimum Gasteiger partial charge on any atom is -0.309 e. The smallest absolute Gasteiger partial charge is 0.0991 e. The first kappa shape index (κ1) is 21.2. The second-order valence-electron chi connectivity index (χ2n) is 9.68. The second kappa shape index (κ2) is 8.05. The van der Waals surface area contributed by atoms with Gasteiger partial charge in [0.2, 0.25) is 0 Å². The van der Waals surface area contributed by atoms with Crippen LogP contribution in [-0.2, 0) is 0 Å². The molecule has 0 saturated carbocycles. The third-order valence-corrected chi connectivity index (χ3v) is 8.65. The summed E-state index contributed by atoms with van der Waals surface area (Å²) in [6.45, 7) is 0. The first-order valence-corrected chi connectivity index (χ1v) is 13.5. The van der Waals surface area contributed by atoms with Gasteiger partial charge in [0, 0.05) is 32.5 Å². The van der Waals surface area contributed by atoms with Gasteiger partial charge in [-0.3, -0.25) is 0 Å². The van der Waals surface area contributed by atoms with Crippen LogP contribution in [0, 0.1) is 11.3 Å². The van der Waals surface area contributed by atoms with Crippen molar-refractivity contribution in [1.29, 1.82) is 5.26 Å². The van der Waals surface area contributed by atoms with Crippen molar-refractivity contribution in [2.24, 2.45) is 0 Å². The van der Waals surface area contributed by atoms with Crippen molar-refractivity contribution in [3.05, 3.63) is 126 Å². The largest absolute Gasteiger partial charge is 0.309 e. The molecule has 0 radical (unpaired) electrons. The van der Waals surface area contributed by atoms with Crippen molar-refractivity contribution in [3.8, 4) is 55.6 Å². The first-order chi connectivity index (χ1) is 18.8. The van der Waals surface area contributed by atoms with Crippen molar-refractivity contribution in [1.82, 2.24) is 4.57 Å². The maximum atomic E-state index is 9.69. The van der Waals surface area contributed by atoms with E-state index in [9.17, 15) is 5.26 Å². The highest BCUT2D eigenvalue weighted by Crippen LogP contribution is 2.50. The van der Waals surface area contributed by atoms with Gasteiger partial charge in [-0.25, -0.2) is 0 Å². The Labute approximate surface area is 224 Å². The van der Waals surface area contributed by atoms with Gasteiger partial charge in [0.05, 0.1) is 22.7 Å². The van der Waals surface area contributed by atoms with E-state index < -0.39 is 0 Å². The Balaban J connectivity index is 1.48. The number of nitrogens with zero attached hydrogens (tertiary/aromatic N) is 2. The molecule has 0 bridgehead atoms. The van der Waals surface area contributed by atoms with Gasteiger partial charge in [-0.05, 0) is 75.7 Å². The van der Waals surface area contributed by atoms with Crippen molar-refractivity contribution in [2.45, 2.75) is 0 Å². The molecule has 2 aromatic heterocycles. The van der Waals surface area contributed by atoms with Crippen LogP contribution in [0.5, 0.6) is 0 Å². The summed E-state index contributed by atoms with van der Waals surface area (Å²) >= 11 is 1.78. The third kappa shape index (κ3) is 2.93. The molecule has 2 heterocycles. The van der Waals surface area contributed by atoms with E-state index in [2.05, 4.69) is 119 Å². The second-order valence-corrected chi connectivity index (χ2v) is 10.6. The Morgan fingerprint density at radius 1 is 0.526 bits per heavy atom. The quantitative estimate of drug-likeness (QED) is 0.220. The Morgan fingerprint density at radius 3 is 1.84 bits per heavy atom. The van der Waals surface area contributed by atoms with Crippen molar-refractivity contribution < 1.29 is 0 Å². The molecule has 38 heavy (non-hydrogen) atoms. The van der Waals surface area contributed by atoms with Crippen LogP contribution in [0.1, 0.15) is 5.56 Å². The van der Waals surface area contributed by atoms with E-state index in [1.165, 1.54) is 54.5 Å². The van der Waals surface area contributed by atoms with E-state index in [-0.39, 0.29) is 0 Å². The summed E-state index contributed by atoms with van der Waals surface area (Å²) in [6, 6.07) is 43.4. The lowest BCUT2D eigenvalue weighted by atomic mass is 9.83. The van der Waals surface area contributed by atoms with Gasteiger partial charge in [0.1, 0.15) is 0 Å². The predicted octanol–water partition coefficient (Wildman–Crippen LogP) is 9.70. The van der Waals surface area contributed by atoms with Gasteiger partial charge < -0.3 is 4.57 Å². The van der Waals surface area contributed by atoms with Crippen LogP contribution in [0.2, 0.25) is 0 Å². The van der Waals surface area contributed by atoms with Gasteiger partial charge >= 0.3 is 0 Å². The zero-order valence-electron chi connectivity index (χ0n) is 20.3. The summed E-state index contributed by atoms with van der Waals surface area (Å²) in [7, 11) is 0. The van der Waals surface area contributed by atoms with Crippen molar-refractivity contribution in [3.63, 3.8) is 0 Å². The summed E-state index contributed by atoms with van der Waals surface area (Å²) in [4.78, 5) is 1.26. The molecule has 2 nitrogen and oxygen atoms in total. The van der Waals surface area contributed by atoms with Crippen LogP contribution in [0.4, 0.5) is 0 Å². The average molecular weight is 501 g/mol. The number of rotatable bonds is 1. The maximum absolute atomic E-state index is 9.69. The van der Waals surface area contributed by atoms with Crippen molar-refractivity contribution >= 4 is 33.1 Å². The standard InChI is InChI=1S/C35H20N2S/c36-21-22-13-15-26-30-17-18-38-35(30)29-16-14-23(20-32(29)25-8-2-1-7-24(25)31(26)19-22)37-33-11-5-3-9-27(33)28-10-4-6-12-34(28)37/h1-20H. The van der Waals surface area contributed by atoms with Crippen LogP contribution in [0.15, 0.2) is 121 Å². The summed E-state index contributed by atoms with van der Waals surface area (Å²) in [5, 5.41) is 14.4. The zero-order valence-corrected chi connectivity index (χ0v) is 21.2. The summed E-state index contributed by atoms with van der Waals surface area (Å²) in [5.41, 5.74) is 12.5. The van der Waals surface area contributed by atoms with E-state index in [1.807, 2.05) is 12.1 Å². The van der Waals surface area contributed by atoms with Crippen LogP contribution in [0.25, 0.3) is 71.3 Å². The fraction of sp³-hybridized carbons (Fsp3) is 0. The van der Waals surface area contributed by atoms with Crippen molar-refractivity contribution in [2.75, 3.05) is 0 Å². The lowest BCUT2D eigenvalue weighted by Crippen LogP contribution is -1.99. The molecule has 0 atom stereocenters. The zero-order chi connectivity index (χ0) is 25.2. The molecule has 5 aromatic carbocycles. The number of thiophene rings is 1. The molecule has 0 amide bonds. The van der Waals surface area contributed by atoms with Crippen LogP contribution in [-0.4, -0.2) is 4.57 Å². The lowest BCUT2D eigenvalue weighted by molar-refractivity contribution is 1.18. The molecule has 0 N–H and O–H groups in total. The molecule has 7 aromatic rings. The fourth-order valence-electron chi connectivity index (χ4n) is 6.05. The number of aromatic nitrogens is 1. The van der Waals surface area contributed by atoms with Gasteiger partial charge in [-0.2, -0.15) is 5.26 Å². The van der Waals surface area contributed by atoms with Crippen LogP contribution < -0.4 is 0 Å². The average Bonchev–Trinajstić information content (AvgIpc) is 3.59. The Bertz CT molecular complexity index is 2050. The van der Waals surface area contributed by atoms with Crippen LogP contribution in [0.3, 0.4) is 0 Å². The maximum Gasteiger partial charge on any atom is 0.0991 e. The Hall–Kier alpha value is -4.91. The normalized spacial score (nSPS) is 11.7. The Kier molecular flexibility index (Phi) is 4.49. The topological polar surface area (TPSA) is 28.7 Å². The molecule has 1 aliphatic rings. The van der Waals surface area contributed by atoms with E-state index >= 15 is 0 Å². The van der Waals surface area contributed by atoms with E-state index in [0.717, 1.165) is 16.8 Å². The molecule has 1 aliphatic carbocycles. The Morgan fingerprint density at radius 2 is 1.13 bits per heavy atom. The van der Waals surface area contributed by atoms with Crippen LogP contribution >= 0.6 is 11.3 Å². The van der Waals surface area contributed by atoms with Gasteiger partial charge in [0.15, 0.2) is 0 Å². The number of nitriles is 1. The molecule has 3 heteroatoms. The van der Waals surface area contributed by atoms with E-state index in [1.54, 1.807) is 11.3 Å². The first-order valence-electron chi connectivity index (χ1n) is 12.7. The molecule has 0 spiro atoms. The highest BCUT2D eigenvalue weighted by Gasteiger charge is 2.24. The lowest BCUT2D eigenvalue weighted by Gasteiger charge is -2.22. The molecular weight excluding hydrogens is 480 g/mol. The molecule has 176 valence electrons. The predicted molar refractivity (Wildman–Crippen MR) is 159 cm³/mol. The summed E-state index contributed by atoms with van der Waals surface area (Å²) < 4.78 is 2.38. The SMILES string of the molecule is N#Cc1ccc2c(c1)-c1ccccc1-c1cc(-n3c4ccccc4c4ccccc43)ccc1-c1sccc1-2. The number of benzene rings is 5. The highest BCUT2D eigenvalue weighted by molar-refractivity contribution is 7.14. The molecular formula is C35H20N2S.